The summed E-state index contributed by atoms with van der Waals surface area (Å²) in [5.74, 6) is -1.37. The summed E-state index contributed by atoms with van der Waals surface area (Å²) in [6.45, 7) is 2.07. The highest BCUT2D eigenvalue weighted by atomic mass is 19.4. The van der Waals surface area contributed by atoms with Gasteiger partial charge in [-0.05, 0) is 31.2 Å². The zero-order valence-electron chi connectivity index (χ0n) is 9.82. The quantitative estimate of drug-likeness (QED) is 0.796. The summed E-state index contributed by atoms with van der Waals surface area (Å²) in [4.78, 5) is 0. The van der Waals surface area contributed by atoms with Gasteiger partial charge in [0.05, 0.1) is 0 Å². The van der Waals surface area contributed by atoms with Crippen LogP contribution < -0.4 is 5.32 Å². The molecule has 0 aliphatic carbocycles. The number of rotatable bonds is 5. The van der Waals surface area contributed by atoms with E-state index >= 15 is 0 Å². The van der Waals surface area contributed by atoms with Crippen LogP contribution in [-0.4, -0.2) is 12.7 Å². The molecule has 1 aromatic carbocycles. The Kier molecular flexibility index (Phi) is 5.07. The Morgan fingerprint density at radius 2 is 1.89 bits per heavy atom. The van der Waals surface area contributed by atoms with Crippen molar-refractivity contribution in [2.24, 2.45) is 0 Å². The minimum atomic E-state index is -4.31. The van der Waals surface area contributed by atoms with Gasteiger partial charge in [0.15, 0.2) is 0 Å². The molecule has 1 unspecified atom stereocenters. The fraction of sp³-hybridized carbons (Fsp3) is 0.500. The lowest BCUT2D eigenvalue weighted by Gasteiger charge is -2.19. The third-order valence-electron chi connectivity index (χ3n) is 2.50. The molecule has 0 saturated carbocycles. The van der Waals surface area contributed by atoms with E-state index in [1.54, 1.807) is 6.92 Å². The molecule has 0 aromatic heterocycles. The van der Waals surface area contributed by atoms with Gasteiger partial charge in [0.25, 0.3) is 0 Å². The molecule has 0 spiro atoms. The predicted molar refractivity (Wildman–Crippen MR) is 58.1 cm³/mol. The summed E-state index contributed by atoms with van der Waals surface area (Å²) >= 11 is 0. The molecule has 0 amide bonds. The van der Waals surface area contributed by atoms with Gasteiger partial charge >= 0.3 is 6.18 Å². The van der Waals surface area contributed by atoms with Crippen LogP contribution in [-0.2, 0) is 0 Å². The van der Waals surface area contributed by atoms with Crippen LogP contribution in [0.2, 0.25) is 0 Å². The fourth-order valence-electron chi connectivity index (χ4n) is 1.70. The van der Waals surface area contributed by atoms with E-state index in [0.29, 0.717) is 6.54 Å². The summed E-state index contributed by atoms with van der Waals surface area (Å²) in [6.07, 6.45) is -5.67. The Bertz CT molecular complexity index is 389. The van der Waals surface area contributed by atoms with Gasteiger partial charge in [0, 0.05) is 18.0 Å². The van der Waals surface area contributed by atoms with Crippen molar-refractivity contribution in [1.82, 2.24) is 5.32 Å². The molecule has 0 heterocycles. The number of hydrogen-bond donors (Lipinski definition) is 1. The first kappa shape index (κ1) is 14.9. The molecule has 1 N–H and O–H groups in total. The Morgan fingerprint density at radius 3 is 2.44 bits per heavy atom. The molecule has 1 aromatic rings. The van der Waals surface area contributed by atoms with Crippen molar-refractivity contribution in [2.75, 3.05) is 6.54 Å². The maximum absolute atomic E-state index is 13.5. The molecule has 0 aliphatic heterocycles. The van der Waals surface area contributed by atoms with E-state index < -0.39 is 30.3 Å². The molecule has 1 atom stereocenters. The second-order valence-corrected chi connectivity index (χ2v) is 3.93. The second kappa shape index (κ2) is 6.13. The molecule has 0 aliphatic rings. The second-order valence-electron chi connectivity index (χ2n) is 3.93. The van der Waals surface area contributed by atoms with Crippen molar-refractivity contribution in [2.45, 2.75) is 32.0 Å². The van der Waals surface area contributed by atoms with Gasteiger partial charge in [-0.1, -0.05) is 6.92 Å². The fourth-order valence-corrected chi connectivity index (χ4v) is 1.70. The Labute approximate surface area is 102 Å². The van der Waals surface area contributed by atoms with Gasteiger partial charge in [-0.25, -0.2) is 8.78 Å². The van der Waals surface area contributed by atoms with Crippen LogP contribution in [0.25, 0.3) is 0 Å². The average Bonchev–Trinajstić information content (AvgIpc) is 2.26. The molecule has 0 fully saturated rings. The molecular formula is C12H14F5N. The summed E-state index contributed by atoms with van der Waals surface area (Å²) in [5, 5.41) is 2.73. The highest BCUT2D eigenvalue weighted by molar-refractivity contribution is 5.22. The number of halogens is 5. The molecule has 18 heavy (non-hydrogen) atoms. The van der Waals surface area contributed by atoms with E-state index in [1.807, 2.05) is 0 Å². The van der Waals surface area contributed by atoms with Crippen molar-refractivity contribution in [3.05, 3.63) is 35.4 Å². The topological polar surface area (TPSA) is 12.0 Å². The van der Waals surface area contributed by atoms with Gasteiger partial charge < -0.3 is 5.32 Å². The first-order chi connectivity index (χ1) is 8.33. The first-order valence-corrected chi connectivity index (χ1v) is 5.58. The molecule has 0 bridgehead atoms. The van der Waals surface area contributed by atoms with Crippen molar-refractivity contribution in [1.29, 1.82) is 0 Å². The lowest BCUT2D eigenvalue weighted by atomic mass is 10.0. The van der Waals surface area contributed by atoms with Crippen LogP contribution >= 0.6 is 0 Å². The van der Waals surface area contributed by atoms with Gasteiger partial charge in [0.1, 0.15) is 11.6 Å². The maximum Gasteiger partial charge on any atom is 0.389 e. The number of hydrogen-bond acceptors (Lipinski definition) is 1. The largest absolute Gasteiger partial charge is 0.389 e. The van der Waals surface area contributed by atoms with Crippen molar-refractivity contribution >= 4 is 0 Å². The van der Waals surface area contributed by atoms with Gasteiger partial charge in [-0.2, -0.15) is 13.2 Å². The van der Waals surface area contributed by atoms with E-state index in [2.05, 4.69) is 5.32 Å². The summed E-state index contributed by atoms with van der Waals surface area (Å²) in [5.41, 5.74) is -0.0684. The predicted octanol–water partition coefficient (Wildman–Crippen LogP) is 3.96. The van der Waals surface area contributed by atoms with Gasteiger partial charge in [-0.3, -0.25) is 0 Å². The third kappa shape index (κ3) is 4.60. The third-order valence-corrected chi connectivity index (χ3v) is 2.50. The molecule has 6 heteroatoms. The minimum Gasteiger partial charge on any atom is -0.310 e. The summed E-state index contributed by atoms with van der Waals surface area (Å²) in [7, 11) is 0. The zero-order valence-corrected chi connectivity index (χ0v) is 9.82. The highest BCUT2D eigenvalue weighted by Crippen LogP contribution is 2.29. The molecule has 1 rings (SSSR count). The van der Waals surface area contributed by atoms with Crippen LogP contribution in [0.15, 0.2) is 18.2 Å². The highest BCUT2D eigenvalue weighted by Gasteiger charge is 2.29. The Hall–Kier alpha value is -1.17. The maximum atomic E-state index is 13.5. The lowest BCUT2D eigenvalue weighted by molar-refractivity contribution is -0.136. The van der Waals surface area contributed by atoms with Crippen molar-refractivity contribution in [3.8, 4) is 0 Å². The van der Waals surface area contributed by atoms with E-state index in [1.165, 1.54) is 0 Å². The Morgan fingerprint density at radius 1 is 1.22 bits per heavy atom. The van der Waals surface area contributed by atoms with E-state index in [0.717, 1.165) is 18.2 Å². The molecule has 1 nitrogen and oxygen atoms in total. The molecule has 0 radical (unpaired) electrons. The van der Waals surface area contributed by atoms with Gasteiger partial charge in [0.2, 0.25) is 0 Å². The van der Waals surface area contributed by atoms with Crippen LogP contribution in [0.4, 0.5) is 22.0 Å². The standard InChI is InChI=1S/C12H14F5N/c1-2-18-11(5-6-12(15,16)17)9-7-8(13)3-4-10(9)14/h3-4,7,11,18H,2,5-6H2,1H3. The molecule has 0 saturated heterocycles. The smallest absolute Gasteiger partial charge is 0.310 e. The first-order valence-electron chi connectivity index (χ1n) is 5.58. The SMILES string of the molecule is CCNC(CCC(F)(F)F)c1cc(F)ccc1F. The average molecular weight is 267 g/mol. The lowest BCUT2D eigenvalue weighted by Crippen LogP contribution is -2.24. The van der Waals surface area contributed by atoms with E-state index in [4.69, 9.17) is 0 Å². The van der Waals surface area contributed by atoms with Crippen LogP contribution in [0, 0.1) is 11.6 Å². The monoisotopic (exact) mass is 267 g/mol. The Balaban J connectivity index is 2.86. The normalized spacial score (nSPS) is 13.7. The van der Waals surface area contributed by atoms with E-state index in [-0.39, 0.29) is 12.0 Å². The number of alkyl halides is 3. The van der Waals surface area contributed by atoms with Gasteiger partial charge in [-0.15, -0.1) is 0 Å². The zero-order chi connectivity index (χ0) is 13.8. The summed E-state index contributed by atoms with van der Waals surface area (Å²) < 4.78 is 62.9. The number of nitrogens with one attached hydrogen (secondary N) is 1. The van der Waals surface area contributed by atoms with E-state index in [9.17, 15) is 22.0 Å². The number of benzene rings is 1. The van der Waals surface area contributed by atoms with Crippen molar-refractivity contribution in [3.63, 3.8) is 0 Å². The van der Waals surface area contributed by atoms with Crippen LogP contribution in [0.1, 0.15) is 31.4 Å². The van der Waals surface area contributed by atoms with Crippen LogP contribution in [0.5, 0.6) is 0 Å². The minimum absolute atomic E-state index is 0.0684. The molecular weight excluding hydrogens is 253 g/mol. The molecule has 102 valence electrons. The van der Waals surface area contributed by atoms with Crippen LogP contribution in [0.3, 0.4) is 0 Å². The summed E-state index contributed by atoms with van der Waals surface area (Å²) in [6, 6.07) is 1.94. The van der Waals surface area contributed by atoms with Crippen molar-refractivity contribution < 1.29 is 22.0 Å².